The number of ether oxygens (including phenoxy) is 1. The maximum atomic E-state index is 12.4. The van der Waals surface area contributed by atoms with Crippen LogP contribution in [0.1, 0.15) is 22.6 Å². The number of amides is 1. The monoisotopic (exact) mass is 357 g/mol. The Hall–Kier alpha value is -2.29. The molecule has 0 aliphatic heterocycles. The van der Waals surface area contributed by atoms with Gasteiger partial charge in [0.25, 0.3) is 0 Å². The third kappa shape index (κ3) is 3.30. The highest BCUT2D eigenvalue weighted by molar-refractivity contribution is 7.15. The molecule has 2 aromatic rings. The van der Waals surface area contributed by atoms with Crippen molar-refractivity contribution in [2.75, 3.05) is 5.73 Å². The van der Waals surface area contributed by atoms with E-state index in [0.717, 1.165) is 10.6 Å². The zero-order valence-corrected chi connectivity index (χ0v) is 13.2. The van der Waals surface area contributed by atoms with E-state index in [0.29, 0.717) is 36.4 Å². The van der Waals surface area contributed by atoms with Crippen molar-refractivity contribution in [1.29, 1.82) is 0 Å². The summed E-state index contributed by atoms with van der Waals surface area (Å²) in [5, 5.41) is 3.22. The number of hydrogen-bond acceptors (Lipinski definition) is 5. The van der Waals surface area contributed by atoms with E-state index in [2.05, 4.69) is 15.0 Å². The van der Waals surface area contributed by atoms with Crippen molar-refractivity contribution >= 4 is 22.9 Å². The first-order chi connectivity index (χ1) is 11.3. The number of alkyl halides is 3. The second kappa shape index (κ2) is 5.97. The molecule has 1 aromatic heterocycles. The van der Waals surface area contributed by atoms with Crippen LogP contribution >= 0.6 is 11.3 Å². The summed E-state index contributed by atoms with van der Waals surface area (Å²) < 4.78 is 41.3. The lowest BCUT2D eigenvalue weighted by atomic mass is 9.78. The lowest BCUT2D eigenvalue weighted by molar-refractivity contribution is -0.274. The first-order valence-corrected chi connectivity index (χ1v) is 7.95. The number of aryl methyl sites for hydroxylation is 1. The van der Waals surface area contributed by atoms with Gasteiger partial charge in [0.05, 0.1) is 11.2 Å². The number of benzene rings is 1. The van der Waals surface area contributed by atoms with E-state index < -0.39 is 11.9 Å². The van der Waals surface area contributed by atoms with Gasteiger partial charge < -0.3 is 15.8 Å². The number of carbonyl (C=O) groups excluding carboxylic acids is 1. The Morgan fingerprint density at radius 1 is 1.42 bits per heavy atom. The Kier molecular flexibility index (Phi) is 4.12. The van der Waals surface area contributed by atoms with Crippen molar-refractivity contribution in [3.63, 3.8) is 0 Å². The summed E-state index contributed by atoms with van der Waals surface area (Å²) in [7, 11) is 0. The van der Waals surface area contributed by atoms with Crippen molar-refractivity contribution in [1.82, 2.24) is 10.3 Å². The number of hydrogen-bond donors (Lipinski definition) is 2. The Bertz CT molecular complexity index is 763. The maximum absolute atomic E-state index is 12.4. The van der Waals surface area contributed by atoms with Gasteiger partial charge in [-0.3, -0.25) is 4.79 Å². The zero-order chi connectivity index (χ0) is 17.4. The van der Waals surface area contributed by atoms with Crippen molar-refractivity contribution in [2.45, 2.75) is 31.2 Å². The van der Waals surface area contributed by atoms with Crippen molar-refractivity contribution in [2.24, 2.45) is 0 Å². The molecule has 128 valence electrons. The summed E-state index contributed by atoms with van der Waals surface area (Å²) >= 11 is 1.33. The highest BCUT2D eigenvalue weighted by Gasteiger charge is 2.38. The van der Waals surface area contributed by atoms with Crippen molar-refractivity contribution in [3.8, 4) is 5.75 Å². The lowest BCUT2D eigenvalue weighted by Gasteiger charge is -2.37. The molecule has 0 fully saturated rings. The Labute approximate surface area is 139 Å². The third-order valence-corrected chi connectivity index (χ3v) is 4.93. The minimum absolute atomic E-state index is 0.318. The molecule has 1 heterocycles. The van der Waals surface area contributed by atoms with Crippen LogP contribution in [0.3, 0.4) is 0 Å². The third-order valence-electron chi connectivity index (χ3n) is 4.00. The van der Waals surface area contributed by atoms with E-state index in [-0.39, 0.29) is 5.75 Å². The van der Waals surface area contributed by atoms with Crippen LogP contribution in [-0.2, 0) is 23.2 Å². The predicted octanol–water partition coefficient (Wildman–Crippen LogP) is 2.75. The molecule has 1 amide bonds. The molecular formula is C15H14F3N3O2S. The molecular weight excluding hydrogens is 343 g/mol. The molecule has 0 saturated carbocycles. The van der Waals surface area contributed by atoms with Crippen LogP contribution in [0.15, 0.2) is 24.3 Å². The Morgan fingerprint density at radius 2 is 2.21 bits per heavy atom. The van der Waals surface area contributed by atoms with Crippen LogP contribution < -0.4 is 15.8 Å². The summed E-state index contributed by atoms with van der Waals surface area (Å²) in [6.45, 7) is 0. The van der Waals surface area contributed by atoms with Crippen molar-refractivity contribution in [3.05, 3.63) is 40.4 Å². The van der Waals surface area contributed by atoms with Gasteiger partial charge >= 0.3 is 6.36 Å². The number of fused-ring (bicyclic) bond motifs is 1. The van der Waals surface area contributed by atoms with Gasteiger partial charge in [-0.15, -0.1) is 24.5 Å². The van der Waals surface area contributed by atoms with E-state index in [4.69, 9.17) is 5.73 Å². The fourth-order valence-corrected chi connectivity index (χ4v) is 3.98. The number of nitrogen functional groups attached to an aromatic ring is 1. The number of nitrogens with two attached hydrogens (primary N) is 1. The average Bonchev–Trinajstić information content (AvgIpc) is 2.85. The first-order valence-electron chi connectivity index (χ1n) is 7.13. The number of halogens is 3. The molecule has 0 saturated heterocycles. The molecule has 0 bridgehead atoms. The van der Waals surface area contributed by atoms with Crippen molar-refractivity contribution < 1.29 is 22.7 Å². The Balaban J connectivity index is 1.97. The van der Waals surface area contributed by atoms with E-state index in [1.165, 1.54) is 29.5 Å². The normalized spacial score (nSPS) is 20.3. The number of anilines is 1. The maximum Gasteiger partial charge on any atom is 0.573 e. The first kappa shape index (κ1) is 16.6. The van der Waals surface area contributed by atoms with Crippen LogP contribution in [0, 0.1) is 0 Å². The topological polar surface area (TPSA) is 77.2 Å². The summed E-state index contributed by atoms with van der Waals surface area (Å²) in [4.78, 5) is 16.3. The summed E-state index contributed by atoms with van der Waals surface area (Å²) in [5.74, 6) is -0.318. The largest absolute Gasteiger partial charge is 0.573 e. The zero-order valence-electron chi connectivity index (χ0n) is 12.4. The Morgan fingerprint density at radius 3 is 2.92 bits per heavy atom. The van der Waals surface area contributed by atoms with Gasteiger partial charge in [0.1, 0.15) is 5.75 Å². The molecule has 1 unspecified atom stereocenters. The molecule has 1 aliphatic rings. The standard InChI is InChI=1S/C15H14F3N3O2S/c16-15(17,18)23-10-3-1-2-9(6-10)14(20-8-22)5-4-11-12(7-14)24-13(19)21-11/h1-3,6,8H,4-5,7H2,(H2,19,21)(H,20,22). The second-order valence-corrected chi connectivity index (χ2v) is 6.63. The van der Waals surface area contributed by atoms with Crippen LogP contribution in [0.2, 0.25) is 0 Å². The molecule has 3 N–H and O–H groups in total. The van der Waals surface area contributed by atoms with Gasteiger partial charge in [0, 0.05) is 11.3 Å². The number of nitrogens with one attached hydrogen (secondary N) is 1. The SMILES string of the molecule is Nc1nc2c(s1)CC(NC=O)(c1cccc(OC(F)(F)F)c1)CC2. The van der Waals surface area contributed by atoms with Crippen LogP contribution in [0.4, 0.5) is 18.3 Å². The number of carbonyl (C=O) groups is 1. The van der Waals surface area contributed by atoms with E-state index in [9.17, 15) is 18.0 Å². The fourth-order valence-electron chi connectivity index (χ4n) is 2.99. The predicted molar refractivity (Wildman–Crippen MR) is 82.6 cm³/mol. The minimum atomic E-state index is -4.77. The van der Waals surface area contributed by atoms with Gasteiger partial charge in [-0.1, -0.05) is 12.1 Å². The fraction of sp³-hybridized carbons (Fsp3) is 0.333. The van der Waals surface area contributed by atoms with Gasteiger partial charge in [-0.2, -0.15) is 0 Å². The quantitative estimate of drug-likeness (QED) is 0.825. The number of thiazole rings is 1. The average molecular weight is 357 g/mol. The smallest absolute Gasteiger partial charge is 0.406 e. The molecule has 0 radical (unpaired) electrons. The molecule has 9 heteroatoms. The molecule has 1 aromatic carbocycles. The van der Waals surface area contributed by atoms with Gasteiger partial charge in [-0.25, -0.2) is 4.98 Å². The number of aromatic nitrogens is 1. The molecule has 24 heavy (non-hydrogen) atoms. The van der Waals surface area contributed by atoms with Crippen LogP contribution in [0.5, 0.6) is 5.75 Å². The number of nitrogens with zero attached hydrogens (tertiary/aromatic N) is 1. The number of rotatable bonds is 4. The molecule has 3 rings (SSSR count). The summed E-state index contributed by atoms with van der Waals surface area (Å²) in [5.41, 5.74) is 6.35. The van der Waals surface area contributed by atoms with E-state index >= 15 is 0 Å². The highest BCUT2D eigenvalue weighted by Crippen LogP contribution is 2.40. The van der Waals surface area contributed by atoms with Crippen LogP contribution in [0.25, 0.3) is 0 Å². The molecule has 1 atom stereocenters. The van der Waals surface area contributed by atoms with Gasteiger partial charge in [-0.05, 0) is 30.5 Å². The lowest BCUT2D eigenvalue weighted by Crippen LogP contribution is -2.46. The molecule has 5 nitrogen and oxygen atoms in total. The summed E-state index contributed by atoms with van der Waals surface area (Å²) in [6, 6.07) is 5.68. The van der Waals surface area contributed by atoms with Crippen LogP contribution in [-0.4, -0.2) is 17.8 Å². The summed E-state index contributed by atoms with van der Waals surface area (Å²) in [6.07, 6.45) is -2.70. The molecule has 0 spiro atoms. The van der Waals surface area contributed by atoms with E-state index in [1.807, 2.05) is 0 Å². The van der Waals surface area contributed by atoms with Gasteiger partial charge in [0.15, 0.2) is 5.13 Å². The molecule has 1 aliphatic carbocycles. The minimum Gasteiger partial charge on any atom is -0.406 e. The van der Waals surface area contributed by atoms with Gasteiger partial charge in [0.2, 0.25) is 6.41 Å². The second-order valence-electron chi connectivity index (χ2n) is 5.52. The highest BCUT2D eigenvalue weighted by atomic mass is 32.1. The van der Waals surface area contributed by atoms with E-state index in [1.54, 1.807) is 6.07 Å².